The summed E-state index contributed by atoms with van der Waals surface area (Å²) in [6.07, 6.45) is 2.12. The van der Waals surface area contributed by atoms with E-state index >= 15 is 0 Å². The second-order valence-corrected chi connectivity index (χ2v) is 4.78. The Morgan fingerprint density at radius 3 is 2.79 bits per heavy atom. The minimum atomic E-state index is -0.189. The van der Waals surface area contributed by atoms with E-state index in [4.69, 9.17) is 4.74 Å². The second-order valence-electron chi connectivity index (χ2n) is 4.78. The Morgan fingerprint density at radius 1 is 1.36 bits per heavy atom. The number of rotatable bonds is 0. The summed E-state index contributed by atoms with van der Waals surface area (Å²) in [6.45, 7) is 7.21. The summed E-state index contributed by atoms with van der Waals surface area (Å²) in [6, 6.07) is 0. The van der Waals surface area contributed by atoms with Gasteiger partial charge in [0.1, 0.15) is 0 Å². The summed E-state index contributed by atoms with van der Waals surface area (Å²) in [4.78, 5) is 0. The maximum atomic E-state index is 10.1. The fourth-order valence-corrected chi connectivity index (χ4v) is 2.81. The van der Waals surface area contributed by atoms with Crippen molar-refractivity contribution in [3.8, 4) is 0 Å². The molecule has 0 aromatic heterocycles. The Morgan fingerprint density at radius 2 is 2.07 bits per heavy atom. The van der Waals surface area contributed by atoms with Gasteiger partial charge in [-0.05, 0) is 31.3 Å². The largest absolute Gasteiger partial charge is 0.498 e. The molecule has 1 fully saturated rings. The zero-order valence-electron chi connectivity index (χ0n) is 9.29. The molecule has 2 heteroatoms. The lowest BCUT2D eigenvalue weighted by molar-refractivity contribution is -0.00343. The van der Waals surface area contributed by atoms with Crippen molar-refractivity contribution in [3.63, 3.8) is 0 Å². The van der Waals surface area contributed by atoms with Gasteiger partial charge < -0.3 is 9.84 Å². The van der Waals surface area contributed by atoms with Crippen LogP contribution in [0.3, 0.4) is 0 Å². The Labute approximate surface area is 86.0 Å². The molecule has 2 rings (SSSR count). The van der Waals surface area contributed by atoms with E-state index in [1.165, 1.54) is 17.8 Å². The Balaban J connectivity index is 2.33. The monoisotopic (exact) mass is 196 g/mol. The van der Waals surface area contributed by atoms with E-state index in [1.54, 1.807) is 0 Å². The first-order chi connectivity index (χ1) is 6.63. The van der Waals surface area contributed by atoms with Crippen LogP contribution in [0.25, 0.3) is 0 Å². The van der Waals surface area contributed by atoms with Crippen LogP contribution in [0, 0.1) is 17.8 Å². The minimum absolute atomic E-state index is 0.189. The molecule has 0 radical (unpaired) electrons. The molecule has 80 valence electrons. The molecule has 0 bridgehead atoms. The van der Waals surface area contributed by atoms with Crippen molar-refractivity contribution in [1.29, 1.82) is 0 Å². The SMILES string of the molecule is CC1=C2OCCCC2C(C)C(O)C1C. The molecule has 0 amide bonds. The molecule has 0 aromatic rings. The predicted molar refractivity (Wildman–Crippen MR) is 55.7 cm³/mol. The van der Waals surface area contributed by atoms with E-state index < -0.39 is 0 Å². The van der Waals surface area contributed by atoms with Gasteiger partial charge in [0.25, 0.3) is 0 Å². The highest BCUT2D eigenvalue weighted by molar-refractivity contribution is 5.20. The van der Waals surface area contributed by atoms with Gasteiger partial charge in [-0.15, -0.1) is 0 Å². The molecule has 1 heterocycles. The normalized spacial score (nSPS) is 43.1. The summed E-state index contributed by atoms with van der Waals surface area (Å²) < 4.78 is 5.75. The third-order valence-electron chi connectivity index (χ3n) is 4.01. The molecule has 2 nitrogen and oxygen atoms in total. The van der Waals surface area contributed by atoms with Crippen LogP contribution >= 0.6 is 0 Å². The highest BCUT2D eigenvalue weighted by atomic mass is 16.5. The second kappa shape index (κ2) is 3.58. The summed E-state index contributed by atoms with van der Waals surface area (Å²) in [5, 5.41) is 10.1. The molecule has 0 spiro atoms. The van der Waals surface area contributed by atoms with E-state index in [0.29, 0.717) is 11.8 Å². The van der Waals surface area contributed by atoms with Crippen molar-refractivity contribution >= 4 is 0 Å². The smallest absolute Gasteiger partial charge is 0.0987 e. The Kier molecular flexibility index (Phi) is 2.56. The van der Waals surface area contributed by atoms with Gasteiger partial charge in [-0.1, -0.05) is 13.8 Å². The minimum Gasteiger partial charge on any atom is -0.498 e. The molecular weight excluding hydrogens is 176 g/mol. The quantitative estimate of drug-likeness (QED) is 0.644. The first-order valence-electron chi connectivity index (χ1n) is 5.64. The number of aliphatic hydroxyl groups is 1. The van der Waals surface area contributed by atoms with Gasteiger partial charge in [0.2, 0.25) is 0 Å². The number of ether oxygens (including phenoxy) is 1. The number of fused-ring (bicyclic) bond motifs is 1. The van der Waals surface area contributed by atoms with Crippen LogP contribution in [0.1, 0.15) is 33.6 Å². The lowest BCUT2D eigenvalue weighted by atomic mass is 9.71. The molecule has 1 aliphatic heterocycles. The maximum Gasteiger partial charge on any atom is 0.0987 e. The third-order valence-corrected chi connectivity index (χ3v) is 4.01. The van der Waals surface area contributed by atoms with Crippen LogP contribution < -0.4 is 0 Å². The molecular formula is C12H20O2. The fourth-order valence-electron chi connectivity index (χ4n) is 2.81. The van der Waals surface area contributed by atoms with Gasteiger partial charge >= 0.3 is 0 Å². The van der Waals surface area contributed by atoms with Crippen LogP contribution in [0.4, 0.5) is 0 Å². The number of allylic oxidation sites excluding steroid dienone is 1. The van der Waals surface area contributed by atoms with Crippen LogP contribution in [0.5, 0.6) is 0 Å². The van der Waals surface area contributed by atoms with Crippen molar-refractivity contribution in [1.82, 2.24) is 0 Å². The van der Waals surface area contributed by atoms with Crippen LogP contribution in [0.2, 0.25) is 0 Å². The van der Waals surface area contributed by atoms with Gasteiger partial charge in [0.05, 0.1) is 18.5 Å². The molecule has 14 heavy (non-hydrogen) atoms. The van der Waals surface area contributed by atoms with Gasteiger partial charge in [0.15, 0.2) is 0 Å². The zero-order valence-corrected chi connectivity index (χ0v) is 9.29. The standard InChI is InChI=1S/C12H20O2/c1-7-8(2)12-10(5-4-6-14-12)9(3)11(7)13/h7,9-11,13H,4-6H2,1-3H3. The van der Waals surface area contributed by atoms with Gasteiger partial charge in [-0.2, -0.15) is 0 Å². The first kappa shape index (κ1) is 10.0. The zero-order chi connectivity index (χ0) is 10.3. The molecule has 0 saturated carbocycles. The fraction of sp³-hybridized carbons (Fsp3) is 0.833. The lowest BCUT2D eigenvalue weighted by Gasteiger charge is -2.41. The molecule has 1 N–H and O–H groups in total. The lowest BCUT2D eigenvalue weighted by Crippen LogP contribution is -2.40. The van der Waals surface area contributed by atoms with Crippen molar-refractivity contribution in [2.45, 2.75) is 39.7 Å². The third kappa shape index (κ3) is 1.36. The highest BCUT2D eigenvalue weighted by Gasteiger charge is 2.39. The number of hydrogen-bond donors (Lipinski definition) is 1. The molecule has 2 aliphatic rings. The van der Waals surface area contributed by atoms with E-state index in [2.05, 4.69) is 20.8 Å². The number of aliphatic hydroxyl groups excluding tert-OH is 1. The van der Waals surface area contributed by atoms with Crippen LogP contribution in [-0.4, -0.2) is 17.8 Å². The molecule has 4 unspecified atom stereocenters. The van der Waals surface area contributed by atoms with Gasteiger partial charge in [-0.25, -0.2) is 0 Å². The highest BCUT2D eigenvalue weighted by Crippen LogP contribution is 2.42. The first-order valence-corrected chi connectivity index (χ1v) is 5.64. The predicted octanol–water partition coefficient (Wildman–Crippen LogP) is 2.33. The number of hydrogen-bond acceptors (Lipinski definition) is 2. The van der Waals surface area contributed by atoms with Crippen molar-refractivity contribution in [2.24, 2.45) is 17.8 Å². The maximum absolute atomic E-state index is 10.1. The van der Waals surface area contributed by atoms with E-state index in [0.717, 1.165) is 13.0 Å². The molecule has 1 saturated heterocycles. The average Bonchev–Trinajstić information content (AvgIpc) is 2.23. The summed E-state index contributed by atoms with van der Waals surface area (Å²) in [5.41, 5.74) is 1.26. The summed E-state index contributed by atoms with van der Waals surface area (Å²) in [7, 11) is 0. The molecule has 0 aromatic carbocycles. The summed E-state index contributed by atoms with van der Waals surface area (Å²) in [5.74, 6) is 2.26. The Bertz CT molecular complexity index is 257. The van der Waals surface area contributed by atoms with E-state index in [9.17, 15) is 5.11 Å². The summed E-state index contributed by atoms with van der Waals surface area (Å²) >= 11 is 0. The Hall–Kier alpha value is -0.500. The topological polar surface area (TPSA) is 29.5 Å². The van der Waals surface area contributed by atoms with Crippen molar-refractivity contribution < 1.29 is 9.84 Å². The van der Waals surface area contributed by atoms with Gasteiger partial charge in [0, 0.05) is 11.8 Å². The average molecular weight is 196 g/mol. The van der Waals surface area contributed by atoms with Crippen molar-refractivity contribution in [2.75, 3.05) is 6.61 Å². The van der Waals surface area contributed by atoms with Gasteiger partial charge in [-0.3, -0.25) is 0 Å². The van der Waals surface area contributed by atoms with Crippen molar-refractivity contribution in [3.05, 3.63) is 11.3 Å². The molecule has 4 atom stereocenters. The van der Waals surface area contributed by atoms with E-state index in [1.807, 2.05) is 0 Å². The van der Waals surface area contributed by atoms with E-state index in [-0.39, 0.29) is 12.0 Å². The van der Waals surface area contributed by atoms with Crippen LogP contribution in [-0.2, 0) is 4.74 Å². The molecule has 1 aliphatic carbocycles. The van der Waals surface area contributed by atoms with Crippen LogP contribution in [0.15, 0.2) is 11.3 Å².